The van der Waals surface area contributed by atoms with Gasteiger partial charge in [0, 0.05) is 68.1 Å². The number of halogens is 2. The van der Waals surface area contributed by atoms with E-state index in [1.165, 1.54) is 101 Å². The van der Waals surface area contributed by atoms with Crippen LogP contribution < -0.4 is 19.3 Å². The summed E-state index contributed by atoms with van der Waals surface area (Å²) in [5, 5.41) is 1.82. The highest BCUT2D eigenvalue weighted by Crippen LogP contribution is 2.52. The largest absolute Gasteiger partial charge is 0.497 e. The Morgan fingerprint density at radius 3 is 1.63 bits per heavy atom. The summed E-state index contributed by atoms with van der Waals surface area (Å²) in [6.45, 7) is 26.1. The molecular weight excluding hydrogens is 972 g/mol. The van der Waals surface area contributed by atoms with Crippen LogP contribution in [0.4, 0.5) is 11.4 Å². The van der Waals surface area contributed by atoms with Crippen molar-refractivity contribution in [1.29, 1.82) is 0 Å². The Morgan fingerprint density at radius 1 is 0.526 bits per heavy atom. The maximum absolute atomic E-state index is 7.13. The van der Waals surface area contributed by atoms with E-state index in [1.54, 1.807) is 14.2 Å². The van der Waals surface area contributed by atoms with Gasteiger partial charge in [-0.25, -0.2) is 0 Å². The minimum absolute atomic E-state index is 0.00954. The molecular formula is C70H80Cl2N2O2. The number of methoxy groups -OCH3 is 2. The molecule has 0 saturated carbocycles. The fourth-order valence-corrected chi connectivity index (χ4v) is 13.9. The zero-order chi connectivity index (χ0) is 54.5. The Kier molecular flexibility index (Phi) is 15.5. The van der Waals surface area contributed by atoms with Gasteiger partial charge >= 0.3 is 0 Å². The predicted octanol–water partition coefficient (Wildman–Crippen LogP) is 19.2. The molecule has 0 bridgehead atoms. The van der Waals surface area contributed by atoms with Crippen molar-refractivity contribution in [1.82, 2.24) is 0 Å². The van der Waals surface area contributed by atoms with E-state index in [1.807, 2.05) is 0 Å². The number of allylic oxidation sites excluding steroid dienone is 20. The molecule has 0 unspecified atom stereocenters. The van der Waals surface area contributed by atoms with Crippen molar-refractivity contribution in [3.63, 3.8) is 0 Å². The number of likely N-dealkylation sites (N-methyl/N-ethyl adjacent to an activating group) is 2. The third-order valence-corrected chi connectivity index (χ3v) is 18.7. The summed E-state index contributed by atoms with van der Waals surface area (Å²) in [5.74, 6) is 1.81. The van der Waals surface area contributed by atoms with Crippen LogP contribution in [0.5, 0.6) is 11.5 Å². The number of nitrogens with zero attached hydrogens (tertiary/aromatic N) is 2. The molecule has 0 saturated heterocycles. The van der Waals surface area contributed by atoms with E-state index in [0.717, 1.165) is 73.1 Å². The van der Waals surface area contributed by atoms with Crippen molar-refractivity contribution in [2.24, 2.45) is 0 Å². The first-order chi connectivity index (χ1) is 36.2. The fourth-order valence-electron chi connectivity index (χ4n) is 13.3. The van der Waals surface area contributed by atoms with Crippen molar-refractivity contribution in [2.45, 2.75) is 143 Å². The van der Waals surface area contributed by atoms with Gasteiger partial charge in [-0.15, -0.1) is 0 Å². The topological polar surface area (TPSA) is 24.9 Å². The summed E-state index contributed by atoms with van der Waals surface area (Å²) in [7, 11) is 5.64. The molecule has 4 aromatic rings. The van der Waals surface area contributed by atoms with Gasteiger partial charge in [-0.05, 0) is 185 Å². The van der Waals surface area contributed by atoms with E-state index in [2.05, 4.69) is 227 Å². The molecule has 0 radical (unpaired) electrons. The smallest absolute Gasteiger partial charge is 0.119 e. The standard InChI is InChI=1S/C37H44ClNO2.C33H36ClN/c1-9-28-29-18-16-26(40-7)22-31(29)36(3,4)30(28)19-14-24-12-11-13-25(35(24)38)15-21-34-37(5,6)32-23-27(41-8)17-20-33(32)39(34)10-2;1-22-25-14-7-8-15-27(25)32(2,3)26(22)20-18-23-12-11-13-24(31(23)34)19-21-30-33(4,5)28-16-9-10-17-29(28)35(30)6/h14-23H,9-13H2,1-8H3;7-10,14-21H,11-13H2,1-6H3/b19-14+,25-15+,34-21-;20-18+,24-19+,30-21-. The van der Waals surface area contributed by atoms with Crippen molar-refractivity contribution in [3.05, 3.63) is 222 Å². The number of anilines is 2. The average Bonchev–Trinajstić information content (AvgIpc) is 3.94. The van der Waals surface area contributed by atoms with Crippen LogP contribution in [0.3, 0.4) is 0 Å². The first-order valence-corrected chi connectivity index (χ1v) is 28.5. The molecule has 396 valence electrons. The summed E-state index contributed by atoms with van der Waals surface area (Å²) in [6, 6.07) is 30.4. The normalized spacial score (nSPS) is 22.2. The molecule has 4 aromatic carbocycles. The number of hydrogen-bond donors (Lipinski definition) is 0. The Labute approximate surface area is 466 Å². The quantitative estimate of drug-likeness (QED) is 0.158. The Hall–Kier alpha value is -5.94. The Balaban J connectivity index is 0.000000188. The third kappa shape index (κ3) is 9.65. The lowest BCUT2D eigenvalue weighted by atomic mass is 9.80. The van der Waals surface area contributed by atoms with Gasteiger partial charge in [0.15, 0.2) is 0 Å². The summed E-state index contributed by atoms with van der Waals surface area (Å²) in [4.78, 5) is 4.74. The molecule has 2 heterocycles. The van der Waals surface area contributed by atoms with E-state index in [-0.39, 0.29) is 21.7 Å². The molecule has 4 nitrogen and oxygen atoms in total. The summed E-state index contributed by atoms with van der Waals surface area (Å²) >= 11 is 14.1. The zero-order valence-electron chi connectivity index (χ0n) is 47.8. The molecule has 0 N–H and O–H groups in total. The highest BCUT2D eigenvalue weighted by Gasteiger charge is 2.41. The molecule has 4 aliphatic carbocycles. The van der Waals surface area contributed by atoms with Crippen LogP contribution in [0.15, 0.2) is 188 Å². The van der Waals surface area contributed by atoms with E-state index in [9.17, 15) is 0 Å². The lowest BCUT2D eigenvalue weighted by Crippen LogP contribution is -2.25. The van der Waals surface area contributed by atoms with Crippen LogP contribution in [0.1, 0.15) is 154 Å². The lowest BCUT2D eigenvalue weighted by Gasteiger charge is -2.26. The van der Waals surface area contributed by atoms with Gasteiger partial charge in [0.2, 0.25) is 0 Å². The van der Waals surface area contributed by atoms with Crippen molar-refractivity contribution >= 4 is 45.7 Å². The third-order valence-electron chi connectivity index (χ3n) is 17.7. The van der Waals surface area contributed by atoms with Crippen LogP contribution >= 0.6 is 23.2 Å². The number of para-hydroxylation sites is 1. The molecule has 0 aromatic heterocycles. The van der Waals surface area contributed by atoms with Crippen molar-refractivity contribution < 1.29 is 9.47 Å². The van der Waals surface area contributed by atoms with Crippen molar-refractivity contribution in [3.8, 4) is 11.5 Å². The van der Waals surface area contributed by atoms with Crippen molar-refractivity contribution in [2.75, 3.05) is 37.6 Å². The van der Waals surface area contributed by atoms with Crippen LogP contribution in [0, 0.1) is 0 Å². The predicted molar refractivity (Wildman–Crippen MR) is 326 cm³/mol. The van der Waals surface area contributed by atoms with Crippen LogP contribution in [-0.4, -0.2) is 27.8 Å². The summed E-state index contributed by atoms with van der Waals surface area (Å²) < 4.78 is 11.1. The maximum Gasteiger partial charge on any atom is 0.119 e. The maximum atomic E-state index is 7.13. The van der Waals surface area contributed by atoms with Gasteiger partial charge in [0.1, 0.15) is 11.5 Å². The second kappa shape index (κ2) is 21.5. The molecule has 10 rings (SSSR count). The monoisotopic (exact) mass is 1050 g/mol. The van der Waals surface area contributed by atoms with E-state index < -0.39 is 0 Å². The zero-order valence-corrected chi connectivity index (χ0v) is 49.3. The molecule has 0 atom stereocenters. The molecule has 0 spiro atoms. The lowest BCUT2D eigenvalue weighted by molar-refractivity contribution is 0.413. The molecule has 0 amide bonds. The molecule has 6 heteroatoms. The average molecular weight is 1050 g/mol. The van der Waals surface area contributed by atoms with Gasteiger partial charge < -0.3 is 19.3 Å². The van der Waals surface area contributed by atoms with Crippen LogP contribution in [0.25, 0.3) is 11.1 Å². The summed E-state index contributed by atoms with van der Waals surface area (Å²) in [6.07, 6.45) is 25.6. The minimum Gasteiger partial charge on any atom is -0.497 e. The number of ether oxygens (including phenoxy) is 2. The molecule has 6 aliphatic rings. The first-order valence-electron chi connectivity index (χ1n) is 27.7. The first kappa shape index (κ1) is 54.8. The highest BCUT2D eigenvalue weighted by atomic mass is 35.5. The molecule has 0 fully saturated rings. The molecule has 76 heavy (non-hydrogen) atoms. The Morgan fingerprint density at radius 2 is 1.05 bits per heavy atom. The SMILES string of the molecule is CC1=C(/C=C/C2=C(Cl)C(=C/C=C3\N(C)c4ccccc4C3(C)C)/CCC2)C(C)(C)c2ccccc21.CCC1=C(/C=C/C2=C(Cl)C(=C/C=C3\N(CC)c4ccc(OC)cc4C3(C)C)/CCC2)C(C)(C)c2cc(OC)ccc21. The van der Waals surface area contributed by atoms with Gasteiger partial charge in [0.05, 0.1) is 14.2 Å². The van der Waals surface area contributed by atoms with E-state index in [0.29, 0.717) is 0 Å². The number of rotatable bonds is 10. The second-order valence-electron chi connectivity index (χ2n) is 23.5. The van der Waals surface area contributed by atoms with Crippen LogP contribution in [0.2, 0.25) is 0 Å². The number of benzene rings is 4. The van der Waals surface area contributed by atoms with E-state index >= 15 is 0 Å². The highest BCUT2D eigenvalue weighted by molar-refractivity contribution is 6.33. The summed E-state index contributed by atoms with van der Waals surface area (Å²) in [5.41, 5.74) is 23.5. The number of fused-ring (bicyclic) bond motifs is 4. The van der Waals surface area contributed by atoms with Crippen LogP contribution in [-0.2, 0) is 21.7 Å². The minimum atomic E-state index is -0.126. The van der Waals surface area contributed by atoms with Gasteiger partial charge in [-0.2, -0.15) is 0 Å². The number of hydrogen-bond acceptors (Lipinski definition) is 4. The fraction of sp³-hybridized carbons (Fsp3) is 0.371. The van der Waals surface area contributed by atoms with Gasteiger partial charge in [-0.1, -0.05) is 171 Å². The van der Waals surface area contributed by atoms with E-state index in [4.69, 9.17) is 32.7 Å². The molecule has 2 aliphatic heterocycles. The Bertz CT molecular complexity index is 3300. The van der Waals surface area contributed by atoms with Gasteiger partial charge in [0.25, 0.3) is 0 Å². The second-order valence-corrected chi connectivity index (χ2v) is 24.2. The van der Waals surface area contributed by atoms with Gasteiger partial charge in [-0.3, -0.25) is 0 Å².